The van der Waals surface area contributed by atoms with Gasteiger partial charge in [0.05, 0.1) is 0 Å². The minimum atomic E-state index is 0.0878. The van der Waals surface area contributed by atoms with E-state index in [1.165, 1.54) is 11.1 Å². The van der Waals surface area contributed by atoms with Gasteiger partial charge in [-0.2, -0.15) is 0 Å². The van der Waals surface area contributed by atoms with Crippen LogP contribution in [0.4, 0.5) is 0 Å². The summed E-state index contributed by atoms with van der Waals surface area (Å²) in [6.07, 6.45) is 0. The summed E-state index contributed by atoms with van der Waals surface area (Å²) >= 11 is 6.31. The zero-order valence-corrected chi connectivity index (χ0v) is 10.1. The SMILES string of the molecule is C[C@H](Cl)C(c1ccccc1)c1ccccc1. The lowest BCUT2D eigenvalue weighted by molar-refractivity contribution is 0.786. The lowest BCUT2D eigenvalue weighted by Gasteiger charge is -2.20. The predicted octanol–water partition coefficient (Wildman–Crippen LogP) is 4.45. The topological polar surface area (TPSA) is 0 Å². The van der Waals surface area contributed by atoms with Crippen LogP contribution in [0.1, 0.15) is 24.0 Å². The summed E-state index contributed by atoms with van der Waals surface area (Å²) in [6.45, 7) is 2.05. The third-order valence-corrected chi connectivity index (χ3v) is 3.03. The van der Waals surface area contributed by atoms with E-state index in [0.29, 0.717) is 0 Å². The number of alkyl halides is 1. The first-order valence-electron chi connectivity index (χ1n) is 5.53. The highest BCUT2D eigenvalue weighted by atomic mass is 35.5. The minimum absolute atomic E-state index is 0.0878. The van der Waals surface area contributed by atoms with Crippen molar-refractivity contribution in [3.05, 3.63) is 71.8 Å². The second-order valence-corrected chi connectivity index (χ2v) is 4.66. The number of benzene rings is 2. The van der Waals surface area contributed by atoms with Gasteiger partial charge in [0.2, 0.25) is 0 Å². The van der Waals surface area contributed by atoms with E-state index >= 15 is 0 Å². The van der Waals surface area contributed by atoms with Gasteiger partial charge >= 0.3 is 0 Å². The molecule has 16 heavy (non-hydrogen) atoms. The molecule has 0 radical (unpaired) electrons. The van der Waals surface area contributed by atoms with E-state index < -0.39 is 0 Å². The van der Waals surface area contributed by atoms with E-state index in [9.17, 15) is 0 Å². The molecule has 2 aromatic carbocycles. The highest BCUT2D eigenvalue weighted by molar-refractivity contribution is 6.21. The summed E-state index contributed by atoms with van der Waals surface area (Å²) in [5.74, 6) is 0.268. The van der Waals surface area contributed by atoms with Gasteiger partial charge in [-0.15, -0.1) is 11.6 Å². The van der Waals surface area contributed by atoms with Gasteiger partial charge in [-0.3, -0.25) is 0 Å². The van der Waals surface area contributed by atoms with Crippen molar-refractivity contribution in [1.29, 1.82) is 0 Å². The van der Waals surface area contributed by atoms with E-state index in [0.717, 1.165) is 0 Å². The second-order valence-electron chi connectivity index (χ2n) is 3.98. The molecule has 0 amide bonds. The van der Waals surface area contributed by atoms with Crippen molar-refractivity contribution in [2.75, 3.05) is 0 Å². The molecule has 1 atom stereocenters. The van der Waals surface area contributed by atoms with Gasteiger partial charge in [0.15, 0.2) is 0 Å². The molecule has 82 valence electrons. The van der Waals surface area contributed by atoms with Crippen molar-refractivity contribution in [2.24, 2.45) is 0 Å². The monoisotopic (exact) mass is 230 g/mol. The van der Waals surface area contributed by atoms with Crippen molar-refractivity contribution < 1.29 is 0 Å². The molecule has 0 aliphatic rings. The number of halogens is 1. The Bertz CT molecular complexity index is 380. The molecule has 1 heteroatoms. The Hall–Kier alpha value is -1.27. The van der Waals surface area contributed by atoms with Crippen LogP contribution in [-0.4, -0.2) is 5.38 Å². The van der Waals surface area contributed by atoms with Gasteiger partial charge in [0, 0.05) is 11.3 Å². The molecule has 0 nitrogen and oxygen atoms in total. The quantitative estimate of drug-likeness (QED) is 0.684. The molecule has 0 saturated carbocycles. The van der Waals surface area contributed by atoms with Gasteiger partial charge in [0.25, 0.3) is 0 Å². The summed E-state index contributed by atoms with van der Waals surface area (Å²) in [4.78, 5) is 0. The molecular weight excluding hydrogens is 216 g/mol. The van der Waals surface area contributed by atoms with E-state index in [2.05, 4.69) is 48.5 Å². The maximum absolute atomic E-state index is 6.31. The van der Waals surface area contributed by atoms with Crippen LogP contribution in [0.2, 0.25) is 0 Å². The summed E-state index contributed by atoms with van der Waals surface area (Å²) in [5.41, 5.74) is 2.55. The van der Waals surface area contributed by atoms with Gasteiger partial charge in [-0.05, 0) is 18.1 Å². The van der Waals surface area contributed by atoms with Crippen molar-refractivity contribution in [1.82, 2.24) is 0 Å². The highest BCUT2D eigenvalue weighted by Crippen LogP contribution is 2.30. The van der Waals surface area contributed by atoms with Crippen molar-refractivity contribution in [2.45, 2.75) is 18.2 Å². The molecule has 0 heterocycles. The Balaban J connectivity index is 2.40. The first-order valence-corrected chi connectivity index (χ1v) is 5.96. The molecule has 2 aromatic rings. The molecule has 2 rings (SSSR count). The Morgan fingerprint density at radius 2 is 1.12 bits per heavy atom. The van der Waals surface area contributed by atoms with Crippen LogP contribution in [-0.2, 0) is 0 Å². The minimum Gasteiger partial charge on any atom is -0.122 e. The largest absolute Gasteiger partial charge is 0.122 e. The van der Waals surface area contributed by atoms with Gasteiger partial charge < -0.3 is 0 Å². The number of rotatable bonds is 3. The lowest BCUT2D eigenvalue weighted by Crippen LogP contribution is -2.10. The lowest BCUT2D eigenvalue weighted by atomic mass is 9.89. The summed E-state index contributed by atoms with van der Waals surface area (Å²) in [5, 5.41) is 0.0878. The van der Waals surface area contributed by atoms with E-state index in [-0.39, 0.29) is 11.3 Å². The van der Waals surface area contributed by atoms with E-state index in [1.54, 1.807) is 0 Å². The normalized spacial score (nSPS) is 12.7. The third-order valence-electron chi connectivity index (χ3n) is 2.78. The van der Waals surface area contributed by atoms with Crippen LogP contribution in [0.3, 0.4) is 0 Å². The van der Waals surface area contributed by atoms with E-state index in [4.69, 9.17) is 11.6 Å². The Kier molecular flexibility index (Phi) is 3.63. The number of hydrogen-bond donors (Lipinski definition) is 0. The van der Waals surface area contributed by atoms with Gasteiger partial charge in [-0.25, -0.2) is 0 Å². The van der Waals surface area contributed by atoms with Crippen LogP contribution in [0.15, 0.2) is 60.7 Å². The average molecular weight is 231 g/mol. The first-order chi connectivity index (χ1) is 7.79. The van der Waals surface area contributed by atoms with Crippen LogP contribution in [0.25, 0.3) is 0 Å². The molecule has 0 aromatic heterocycles. The van der Waals surface area contributed by atoms with Crippen LogP contribution in [0, 0.1) is 0 Å². The smallest absolute Gasteiger partial charge is 0.0417 e. The maximum Gasteiger partial charge on any atom is 0.0417 e. The molecule has 0 aliphatic carbocycles. The zero-order chi connectivity index (χ0) is 11.4. The molecular formula is C15H15Cl. The highest BCUT2D eigenvalue weighted by Gasteiger charge is 2.18. The molecule has 0 fully saturated rings. The molecule has 0 saturated heterocycles. The summed E-state index contributed by atoms with van der Waals surface area (Å²) < 4.78 is 0. The Morgan fingerprint density at radius 1 is 0.750 bits per heavy atom. The van der Waals surface area contributed by atoms with Crippen LogP contribution < -0.4 is 0 Å². The first kappa shape index (κ1) is 11.2. The summed E-state index contributed by atoms with van der Waals surface area (Å²) in [7, 11) is 0. The average Bonchev–Trinajstić information content (AvgIpc) is 2.31. The fourth-order valence-corrected chi connectivity index (χ4v) is 2.33. The molecule has 0 spiro atoms. The molecule has 0 N–H and O–H groups in total. The predicted molar refractivity (Wildman–Crippen MR) is 70.0 cm³/mol. The van der Waals surface area contributed by atoms with Crippen molar-refractivity contribution >= 4 is 11.6 Å². The molecule has 0 unspecified atom stereocenters. The number of hydrogen-bond acceptors (Lipinski definition) is 0. The maximum atomic E-state index is 6.31. The van der Waals surface area contributed by atoms with Crippen molar-refractivity contribution in [3.63, 3.8) is 0 Å². The molecule has 0 bridgehead atoms. The Morgan fingerprint density at radius 3 is 1.44 bits per heavy atom. The van der Waals surface area contributed by atoms with Gasteiger partial charge in [0.1, 0.15) is 0 Å². The van der Waals surface area contributed by atoms with E-state index in [1.807, 2.05) is 19.1 Å². The second kappa shape index (κ2) is 5.18. The van der Waals surface area contributed by atoms with Crippen molar-refractivity contribution in [3.8, 4) is 0 Å². The van der Waals surface area contributed by atoms with Gasteiger partial charge in [-0.1, -0.05) is 60.7 Å². The zero-order valence-electron chi connectivity index (χ0n) is 9.31. The summed E-state index contributed by atoms with van der Waals surface area (Å²) in [6, 6.07) is 20.8. The standard InChI is InChI=1S/C15H15Cl/c1-12(16)15(13-8-4-2-5-9-13)14-10-6-3-7-11-14/h2-12,15H,1H3/t12-/m0/s1. The fraction of sp³-hybridized carbons (Fsp3) is 0.200. The van der Waals surface area contributed by atoms with Crippen LogP contribution in [0.5, 0.6) is 0 Å². The van der Waals surface area contributed by atoms with Crippen LogP contribution >= 0.6 is 11.6 Å². The molecule has 0 aliphatic heterocycles. The third kappa shape index (κ3) is 2.45. The fourth-order valence-electron chi connectivity index (χ4n) is 2.04. The Labute approximate surface area is 102 Å².